The van der Waals surface area contributed by atoms with Crippen LogP contribution in [0.5, 0.6) is 0 Å². The molecule has 0 saturated heterocycles. The third-order valence-electron chi connectivity index (χ3n) is 4.79. The van der Waals surface area contributed by atoms with E-state index in [0.717, 1.165) is 21.8 Å². The van der Waals surface area contributed by atoms with Gasteiger partial charge in [0, 0.05) is 35.7 Å². The number of aromatic nitrogens is 2. The van der Waals surface area contributed by atoms with Crippen molar-refractivity contribution in [2.75, 3.05) is 12.5 Å². The van der Waals surface area contributed by atoms with Crippen molar-refractivity contribution in [3.63, 3.8) is 0 Å². The zero-order valence-corrected chi connectivity index (χ0v) is 27.0. The van der Waals surface area contributed by atoms with Crippen molar-refractivity contribution in [3.8, 4) is 22.3 Å². The van der Waals surface area contributed by atoms with E-state index in [0.29, 0.717) is 12.5 Å². The second kappa shape index (κ2) is 15.2. The zero-order chi connectivity index (χ0) is 26.3. The normalized spacial score (nSPS) is 10.6. The van der Waals surface area contributed by atoms with Gasteiger partial charge in [0.05, 0.1) is 31.3 Å². The molecule has 0 saturated carbocycles. The summed E-state index contributed by atoms with van der Waals surface area (Å²) in [4.78, 5) is 9.34. The van der Waals surface area contributed by atoms with Gasteiger partial charge in [-0.2, -0.15) is 0 Å². The van der Waals surface area contributed by atoms with Crippen LogP contribution in [-0.2, 0) is 20.2 Å². The average Bonchev–Trinajstić information content (AvgIpc) is 2.82. The summed E-state index contributed by atoms with van der Waals surface area (Å²) < 4.78 is 54.5. The van der Waals surface area contributed by atoms with Crippen molar-refractivity contribution >= 4 is 42.0 Å². The fourth-order valence-electron chi connectivity index (χ4n) is 3.57. The van der Waals surface area contributed by atoms with Gasteiger partial charge in [-0.25, -0.2) is 16.8 Å². The maximum atomic E-state index is 9.08. The molecular formula is C26H22N2Na2O6S2. The van der Waals surface area contributed by atoms with E-state index in [9.17, 15) is 0 Å². The molecule has 0 unspecified atom stereocenters. The molecule has 8 nitrogen and oxygen atoms in total. The number of nitrogens with zero attached hydrogens (tertiary/aromatic N) is 2. The second-order valence-electron chi connectivity index (χ2n) is 7.72. The fraction of sp³-hybridized carbons (Fsp3) is 0.0769. The molecule has 0 aliphatic rings. The van der Waals surface area contributed by atoms with Crippen molar-refractivity contribution in [2.45, 2.75) is 0 Å². The van der Waals surface area contributed by atoms with Gasteiger partial charge in [-0.05, 0) is 34.4 Å². The van der Waals surface area contributed by atoms with Crippen LogP contribution in [0.2, 0.25) is 0 Å². The average molecular weight is 569 g/mol. The van der Waals surface area contributed by atoms with E-state index in [4.69, 9.17) is 25.9 Å². The van der Waals surface area contributed by atoms with Crippen molar-refractivity contribution in [1.29, 1.82) is 0 Å². The minimum atomic E-state index is -3.92. The molecule has 0 aliphatic heterocycles. The van der Waals surface area contributed by atoms with Crippen molar-refractivity contribution < 1.29 is 85.1 Å². The quantitative estimate of drug-likeness (QED) is 0.142. The van der Waals surface area contributed by atoms with Crippen LogP contribution in [0.25, 0.3) is 44.1 Å². The molecule has 0 atom stereocenters. The first-order valence-electron chi connectivity index (χ1n) is 10.5. The first-order valence-corrected chi connectivity index (χ1v) is 14.1. The topological polar surface area (TPSA) is 140 Å². The molecule has 2 aromatic heterocycles. The van der Waals surface area contributed by atoms with Crippen molar-refractivity contribution in [3.05, 3.63) is 97.3 Å². The van der Waals surface area contributed by atoms with E-state index < -0.39 is 20.2 Å². The summed E-state index contributed by atoms with van der Waals surface area (Å²) in [5, 5.41) is 2.26. The molecule has 3 aromatic carbocycles. The number of rotatable bonds is 2. The maximum absolute atomic E-state index is 9.08. The standard InChI is InChI=1S/C24H16N2.2CH4O3S.2Na/c1-3-7-17(8-4-1)19-13-15-25-23-21(19)11-12-22-20(14-16-26-24(22)23)18-9-5-2-6-10-18;2*1-5(2,3)4;;/h1-16H;2*1H3,(H,2,3,4);;/q;;;2*+1/p-2. The number of hydrogen-bond acceptors (Lipinski definition) is 8. The van der Waals surface area contributed by atoms with Gasteiger partial charge in [0.1, 0.15) is 0 Å². The SMILES string of the molecule is CS(=O)(=O)[O-].CS(=O)(=O)[O-].[Na+].[Na+].c1ccc(-c2ccnc3c2ccc2c(-c4ccccc4)ccnc23)cc1. The van der Waals surface area contributed by atoms with Crippen LogP contribution in [0, 0.1) is 0 Å². The molecule has 0 fully saturated rings. The molecular weight excluding hydrogens is 546 g/mol. The molecule has 0 N–H and O–H groups in total. The van der Waals surface area contributed by atoms with E-state index in [1.54, 1.807) is 0 Å². The van der Waals surface area contributed by atoms with Gasteiger partial charge in [0.2, 0.25) is 0 Å². The first kappa shape index (κ1) is 34.3. The Kier molecular flexibility index (Phi) is 13.7. The van der Waals surface area contributed by atoms with Gasteiger partial charge in [-0.3, -0.25) is 9.97 Å². The fourth-order valence-corrected chi connectivity index (χ4v) is 3.57. The summed E-state index contributed by atoms with van der Waals surface area (Å²) >= 11 is 0. The van der Waals surface area contributed by atoms with Gasteiger partial charge in [0.15, 0.2) is 0 Å². The summed E-state index contributed by atoms with van der Waals surface area (Å²) in [5.74, 6) is 0. The Morgan fingerprint density at radius 2 is 0.816 bits per heavy atom. The number of fused-ring (bicyclic) bond motifs is 3. The molecule has 186 valence electrons. The van der Waals surface area contributed by atoms with E-state index in [1.807, 2.05) is 24.5 Å². The molecule has 0 amide bonds. The molecule has 5 aromatic rings. The van der Waals surface area contributed by atoms with Crippen LogP contribution < -0.4 is 59.1 Å². The minimum absolute atomic E-state index is 0. The van der Waals surface area contributed by atoms with E-state index in [-0.39, 0.29) is 59.1 Å². The number of benzene rings is 3. The predicted molar refractivity (Wildman–Crippen MR) is 139 cm³/mol. The van der Waals surface area contributed by atoms with Gasteiger partial charge in [-0.15, -0.1) is 0 Å². The Hall–Kier alpha value is -1.70. The zero-order valence-electron chi connectivity index (χ0n) is 21.4. The van der Waals surface area contributed by atoms with Crippen molar-refractivity contribution in [2.24, 2.45) is 0 Å². The van der Waals surface area contributed by atoms with Gasteiger partial charge in [-0.1, -0.05) is 72.8 Å². The maximum Gasteiger partial charge on any atom is 1.00 e. The predicted octanol–water partition coefficient (Wildman–Crippen LogP) is -1.55. The van der Waals surface area contributed by atoms with Crippen molar-refractivity contribution in [1.82, 2.24) is 9.97 Å². The molecule has 0 radical (unpaired) electrons. The Morgan fingerprint density at radius 1 is 0.526 bits per heavy atom. The monoisotopic (exact) mass is 568 g/mol. The van der Waals surface area contributed by atoms with Gasteiger partial charge >= 0.3 is 59.1 Å². The number of pyridine rings is 2. The third-order valence-corrected chi connectivity index (χ3v) is 4.79. The molecule has 5 rings (SSSR count). The number of hydrogen-bond donors (Lipinski definition) is 0. The molecule has 2 heterocycles. The summed E-state index contributed by atoms with van der Waals surface area (Å²) in [6.07, 6.45) is 4.96. The summed E-state index contributed by atoms with van der Waals surface area (Å²) in [6.45, 7) is 0. The largest absolute Gasteiger partial charge is 1.00 e. The summed E-state index contributed by atoms with van der Waals surface area (Å²) in [7, 11) is -7.83. The molecule has 38 heavy (non-hydrogen) atoms. The molecule has 0 spiro atoms. The van der Waals surface area contributed by atoms with E-state index in [2.05, 4.69) is 82.8 Å². The van der Waals surface area contributed by atoms with Gasteiger partial charge < -0.3 is 9.11 Å². The van der Waals surface area contributed by atoms with E-state index >= 15 is 0 Å². The van der Waals surface area contributed by atoms with Crippen LogP contribution in [0.3, 0.4) is 0 Å². The summed E-state index contributed by atoms with van der Waals surface area (Å²) in [6, 6.07) is 29.3. The van der Waals surface area contributed by atoms with E-state index in [1.165, 1.54) is 22.3 Å². The molecule has 12 heteroatoms. The molecule has 0 bridgehead atoms. The second-order valence-corrected chi connectivity index (χ2v) is 10.5. The van der Waals surface area contributed by atoms with Gasteiger partial charge in [0.25, 0.3) is 0 Å². The minimum Gasteiger partial charge on any atom is -0.748 e. The third kappa shape index (κ3) is 10.8. The summed E-state index contributed by atoms with van der Waals surface area (Å²) in [5.41, 5.74) is 6.65. The first-order chi connectivity index (χ1) is 16.9. The van der Waals surface area contributed by atoms with Crippen LogP contribution in [-0.4, -0.2) is 48.4 Å². The Labute approximate surface area is 266 Å². The Balaban J connectivity index is 0.000000521. The van der Waals surface area contributed by atoms with Crippen LogP contribution in [0.1, 0.15) is 0 Å². The Bertz CT molecular complexity index is 1560. The van der Waals surface area contributed by atoms with Crippen LogP contribution >= 0.6 is 0 Å². The van der Waals surface area contributed by atoms with Crippen LogP contribution in [0.15, 0.2) is 97.3 Å². The Morgan fingerprint density at radius 3 is 1.11 bits per heavy atom. The van der Waals surface area contributed by atoms with Crippen LogP contribution in [0.4, 0.5) is 0 Å². The smallest absolute Gasteiger partial charge is 0.748 e. The molecule has 0 aliphatic carbocycles.